The molecule has 0 radical (unpaired) electrons. The van der Waals surface area contributed by atoms with E-state index in [1.807, 2.05) is 0 Å². The predicted octanol–water partition coefficient (Wildman–Crippen LogP) is 3.65. The van der Waals surface area contributed by atoms with Crippen LogP contribution in [-0.2, 0) is 15.7 Å². The number of hydrogen-bond acceptors (Lipinski definition) is 2. The maximum absolute atomic E-state index is 12.7. The van der Waals surface area contributed by atoms with Crippen LogP contribution in [0.2, 0.25) is 0 Å². The van der Waals surface area contributed by atoms with E-state index in [1.165, 1.54) is 12.1 Å². The molecule has 92 valence electrons. The van der Waals surface area contributed by atoms with E-state index in [0.717, 1.165) is 13.2 Å². The van der Waals surface area contributed by atoms with E-state index in [0.29, 0.717) is 0 Å². The third-order valence-electron chi connectivity index (χ3n) is 2.05. The smallest absolute Gasteiger partial charge is 0.417 e. The number of halogens is 4. The lowest BCUT2D eigenvalue weighted by atomic mass is 10.0. The van der Waals surface area contributed by atoms with Gasteiger partial charge in [0, 0.05) is 10.0 Å². The van der Waals surface area contributed by atoms with Crippen LogP contribution in [0, 0.1) is 0 Å². The number of hydrogen-bond donors (Lipinski definition) is 0. The Labute approximate surface area is 104 Å². The van der Waals surface area contributed by atoms with Crippen LogP contribution in [0.1, 0.15) is 11.1 Å². The number of benzene rings is 1. The summed E-state index contributed by atoms with van der Waals surface area (Å²) < 4.78 is 42.7. The normalized spacial score (nSPS) is 11.1. The summed E-state index contributed by atoms with van der Waals surface area (Å²) in [6.07, 6.45) is -4.56. The summed E-state index contributed by atoms with van der Waals surface area (Å²) in [5, 5.41) is 0. The number of methoxy groups -OCH3 is 1. The van der Waals surface area contributed by atoms with Gasteiger partial charge in [0.15, 0.2) is 0 Å². The van der Waals surface area contributed by atoms with Crippen molar-refractivity contribution in [3.05, 3.63) is 40.4 Å². The highest BCUT2D eigenvalue weighted by Gasteiger charge is 2.35. The quantitative estimate of drug-likeness (QED) is 0.616. The molecule has 0 amide bonds. The molecular weight excluding hydrogens is 301 g/mol. The molecule has 1 aromatic carbocycles. The summed E-state index contributed by atoms with van der Waals surface area (Å²) >= 11 is 2.97. The van der Waals surface area contributed by atoms with Crippen LogP contribution in [0.5, 0.6) is 0 Å². The second kappa shape index (κ2) is 4.91. The Morgan fingerprint density at radius 1 is 1.41 bits per heavy atom. The van der Waals surface area contributed by atoms with Gasteiger partial charge in [-0.3, -0.25) is 0 Å². The Hall–Kier alpha value is -1.30. The van der Waals surface area contributed by atoms with E-state index >= 15 is 0 Å². The number of carbonyl (C=O) groups excluding carboxylic acids is 1. The minimum Gasteiger partial charge on any atom is -0.465 e. The lowest BCUT2D eigenvalue weighted by molar-refractivity contribution is -0.138. The Bertz CT molecular complexity index is 466. The first-order chi connectivity index (χ1) is 7.79. The molecule has 0 atom stereocenters. The van der Waals surface area contributed by atoms with Crippen molar-refractivity contribution in [3.8, 4) is 0 Å². The Morgan fingerprint density at radius 2 is 2.00 bits per heavy atom. The molecule has 0 aliphatic heterocycles. The fourth-order valence-corrected chi connectivity index (χ4v) is 1.90. The first kappa shape index (κ1) is 13.8. The van der Waals surface area contributed by atoms with Gasteiger partial charge in [0.05, 0.1) is 18.2 Å². The zero-order valence-electron chi connectivity index (χ0n) is 8.77. The summed E-state index contributed by atoms with van der Waals surface area (Å²) in [5.41, 5.74) is -1.57. The van der Waals surface area contributed by atoms with E-state index in [-0.39, 0.29) is 15.6 Å². The lowest BCUT2D eigenvalue weighted by Gasteiger charge is -2.14. The first-order valence-corrected chi connectivity index (χ1v) is 5.21. The first-order valence-electron chi connectivity index (χ1n) is 4.42. The highest BCUT2D eigenvalue weighted by Crippen LogP contribution is 2.38. The molecule has 1 rings (SSSR count). The average molecular weight is 309 g/mol. The standard InChI is InChI=1S/C11H8BrF3O2/c1-6(10(16)17-2)9-7(11(13,14)15)4-3-5-8(9)12/h3-5H,1H2,2H3. The molecule has 6 heteroatoms. The third kappa shape index (κ3) is 2.88. The molecule has 0 bridgehead atoms. The molecule has 0 fully saturated rings. The van der Waals surface area contributed by atoms with Crippen LogP contribution in [0.25, 0.3) is 5.57 Å². The van der Waals surface area contributed by atoms with E-state index in [1.54, 1.807) is 0 Å². The Kier molecular flexibility index (Phi) is 3.98. The van der Waals surface area contributed by atoms with Gasteiger partial charge in [-0.2, -0.15) is 13.2 Å². The zero-order valence-corrected chi connectivity index (χ0v) is 10.4. The number of carbonyl (C=O) groups is 1. The summed E-state index contributed by atoms with van der Waals surface area (Å²) in [5.74, 6) is -0.901. The number of ether oxygens (including phenoxy) is 1. The van der Waals surface area contributed by atoms with Crippen LogP contribution >= 0.6 is 15.9 Å². The maximum atomic E-state index is 12.7. The molecule has 0 aliphatic rings. The molecule has 0 aromatic heterocycles. The van der Waals surface area contributed by atoms with Crippen LogP contribution in [0.15, 0.2) is 29.3 Å². The van der Waals surface area contributed by atoms with Crippen molar-refractivity contribution in [1.82, 2.24) is 0 Å². The molecule has 0 unspecified atom stereocenters. The maximum Gasteiger partial charge on any atom is 0.417 e. The molecule has 1 aromatic rings. The molecule has 17 heavy (non-hydrogen) atoms. The molecule has 0 heterocycles. The van der Waals surface area contributed by atoms with Crippen molar-refractivity contribution in [2.45, 2.75) is 6.18 Å². The molecular formula is C11H8BrF3O2. The van der Waals surface area contributed by atoms with E-state index in [2.05, 4.69) is 27.2 Å². The van der Waals surface area contributed by atoms with Gasteiger partial charge < -0.3 is 4.74 Å². The van der Waals surface area contributed by atoms with Crippen molar-refractivity contribution in [2.75, 3.05) is 7.11 Å². The number of alkyl halides is 3. The third-order valence-corrected chi connectivity index (χ3v) is 2.71. The van der Waals surface area contributed by atoms with E-state index < -0.39 is 17.7 Å². The van der Waals surface area contributed by atoms with Gasteiger partial charge >= 0.3 is 12.1 Å². The summed E-state index contributed by atoms with van der Waals surface area (Å²) in [6, 6.07) is 3.52. The van der Waals surface area contributed by atoms with Gasteiger partial charge in [-0.1, -0.05) is 28.6 Å². The average Bonchev–Trinajstić information content (AvgIpc) is 2.25. The topological polar surface area (TPSA) is 26.3 Å². The van der Waals surface area contributed by atoms with Crippen molar-refractivity contribution in [1.29, 1.82) is 0 Å². The van der Waals surface area contributed by atoms with Crippen LogP contribution in [0.4, 0.5) is 13.2 Å². The largest absolute Gasteiger partial charge is 0.465 e. The highest BCUT2D eigenvalue weighted by atomic mass is 79.9. The van der Waals surface area contributed by atoms with E-state index in [9.17, 15) is 18.0 Å². The molecule has 0 N–H and O–H groups in total. The number of rotatable bonds is 2. The fraction of sp³-hybridized carbons (Fsp3) is 0.182. The molecule has 0 saturated heterocycles. The highest BCUT2D eigenvalue weighted by molar-refractivity contribution is 9.10. The molecule has 2 nitrogen and oxygen atoms in total. The molecule has 0 spiro atoms. The second-order valence-corrected chi connectivity index (χ2v) is 3.98. The van der Waals surface area contributed by atoms with Crippen molar-refractivity contribution >= 4 is 27.5 Å². The van der Waals surface area contributed by atoms with Crippen LogP contribution < -0.4 is 0 Å². The van der Waals surface area contributed by atoms with E-state index in [4.69, 9.17) is 0 Å². The lowest BCUT2D eigenvalue weighted by Crippen LogP contribution is -2.12. The Balaban J connectivity index is 3.41. The van der Waals surface area contributed by atoms with Gasteiger partial charge in [-0.25, -0.2) is 4.79 Å². The summed E-state index contributed by atoms with van der Waals surface area (Å²) in [4.78, 5) is 11.2. The molecule has 0 aliphatic carbocycles. The van der Waals surface area contributed by atoms with Gasteiger partial charge in [-0.15, -0.1) is 0 Å². The minimum absolute atomic E-state index is 0.141. The zero-order chi connectivity index (χ0) is 13.2. The summed E-state index contributed by atoms with van der Waals surface area (Å²) in [6.45, 7) is 3.33. The van der Waals surface area contributed by atoms with Gasteiger partial charge in [0.2, 0.25) is 0 Å². The molecule has 0 saturated carbocycles. The van der Waals surface area contributed by atoms with Gasteiger partial charge in [0.25, 0.3) is 0 Å². The van der Waals surface area contributed by atoms with Gasteiger partial charge in [-0.05, 0) is 12.1 Å². The van der Waals surface area contributed by atoms with Crippen LogP contribution in [-0.4, -0.2) is 13.1 Å². The van der Waals surface area contributed by atoms with Crippen molar-refractivity contribution in [2.24, 2.45) is 0 Å². The monoisotopic (exact) mass is 308 g/mol. The predicted molar refractivity (Wildman–Crippen MR) is 60.2 cm³/mol. The van der Waals surface area contributed by atoms with Crippen LogP contribution in [0.3, 0.4) is 0 Å². The second-order valence-electron chi connectivity index (χ2n) is 3.13. The SMILES string of the molecule is C=C(C(=O)OC)c1c(Br)cccc1C(F)(F)F. The number of esters is 1. The summed E-state index contributed by atoms with van der Waals surface area (Å²) in [7, 11) is 1.08. The van der Waals surface area contributed by atoms with Gasteiger partial charge in [0.1, 0.15) is 0 Å². The minimum atomic E-state index is -4.56. The fourth-order valence-electron chi connectivity index (χ4n) is 1.29. The van der Waals surface area contributed by atoms with Crippen molar-refractivity contribution < 1.29 is 22.7 Å². The van der Waals surface area contributed by atoms with Crippen molar-refractivity contribution in [3.63, 3.8) is 0 Å². The Morgan fingerprint density at radius 3 is 2.47 bits per heavy atom.